The Morgan fingerprint density at radius 1 is 1.00 bits per heavy atom. The van der Waals surface area contributed by atoms with Gasteiger partial charge in [-0.15, -0.1) is 0 Å². The zero-order valence-corrected chi connectivity index (χ0v) is 18.8. The van der Waals surface area contributed by atoms with Gasteiger partial charge in [0, 0.05) is 31.6 Å². The lowest BCUT2D eigenvalue weighted by Gasteiger charge is -2.28. The van der Waals surface area contributed by atoms with Gasteiger partial charge in [0.1, 0.15) is 23.0 Å². The summed E-state index contributed by atoms with van der Waals surface area (Å²) in [6, 6.07) is 11.6. The van der Waals surface area contributed by atoms with Crippen molar-refractivity contribution in [2.24, 2.45) is 0 Å². The van der Waals surface area contributed by atoms with Crippen molar-refractivity contribution in [3.05, 3.63) is 53.6 Å². The number of benzene rings is 2. The lowest BCUT2D eigenvalue weighted by molar-refractivity contribution is -0.131. The minimum Gasteiger partial charge on any atom is -0.496 e. The number of hydrogen-bond acceptors (Lipinski definition) is 5. The molecule has 1 amide bonds. The monoisotopic (exact) mass is 425 g/mol. The maximum Gasteiger partial charge on any atom is 0.222 e. The SMILES string of the molecule is COc1cc(OC)c(C2=CCN(C(=O)CCCOc3cccc(C)c3)CC2)c(OC)c1. The van der Waals surface area contributed by atoms with Gasteiger partial charge in [-0.25, -0.2) is 0 Å². The Morgan fingerprint density at radius 3 is 2.32 bits per heavy atom. The molecule has 0 bridgehead atoms. The van der Waals surface area contributed by atoms with Gasteiger partial charge in [-0.3, -0.25) is 4.79 Å². The number of carbonyl (C=O) groups excluding carboxylic acids is 1. The number of nitrogens with zero attached hydrogens (tertiary/aromatic N) is 1. The first-order valence-electron chi connectivity index (χ1n) is 10.5. The van der Waals surface area contributed by atoms with Gasteiger partial charge < -0.3 is 23.8 Å². The Kier molecular flexibility index (Phi) is 7.82. The molecule has 0 unspecified atom stereocenters. The van der Waals surface area contributed by atoms with Crippen LogP contribution in [0.1, 0.15) is 30.4 Å². The fourth-order valence-corrected chi connectivity index (χ4v) is 3.72. The number of ether oxygens (including phenoxy) is 4. The van der Waals surface area contributed by atoms with Crippen LogP contribution in [0.3, 0.4) is 0 Å². The van der Waals surface area contributed by atoms with Crippen LogP contribution in [0.4, 0.5) is 0 Å². The van der Waals surface area contributed by atoms with Crippen molar-refractivity contribution in [1.29, 1.82) is 0 Å². The van der Waals surface area contributed by atoms with Crippen LogP contribution in [0, 0.1) is 6.92 Å². The molecule has 6 nitrogen and oxygen atoms in total. The summed E-state index contributed by atoms with van der Waals surface area (Å²) in [5.74, 6) is 3.08. The lowest BCUT2D eigenvalue weighted by atomic mass is 9.97. The van der Waals surface area contributed by atoms with Crippen molar-refractivity contribution in [1.82, 2.24) is 4.90 Å². The number of aryl methyl sites for hydroxylation is 1. The minimum atomic E-state index is 0.150. The van der Waals surface area contributed by atoms with E-state index in [1.54, 1.807) is 21.3 Å². The van der Waals surface area contributed by atoms with E-state index in [4.69, 9.17) is 18.9 Å². The molecule has 2 aromatic rings. The Hall–Kier alpha value is -3.15. The van der Waals surface area contributed by atoms with E-state index in [2.05, 4.69) is 6.08 Å². The number of carbonyl (C=O) groups is 1. The van der Waals surface area contributed by atoms with Crippen LogP contribution < -0.4 is 18.9 Å². The maximum absolute atomic E-state index is 12.6. The van der Waals surface area contributed by atoms with Gasteiger partial charge >= 0.3 is 0 Å². The van der Waals surface area contributed by atoms with Crippen molar-refractivity contribution < 1.29 is 23.7 Å². The van der Waals surface area contributed by atoms with Crippen molar-refractivity contribution in [3.63, 3.8) is 0 Å². The molecule has 1 aliphatic rings. The highest BCUT2D eigenvalue weighted by atomic mass is 16.5. The quantitative estimate of drug-likeness (QED) is 0.554. The summed E-state index contributed by atoms with van der Waals surface area (Å²) in [5, 5.41) is 0. The molecule has 0 saturated heterocycles. The number of methoxy groups -OCH3 is 3. The molecule has 166 valence electrons. The van der Waals surface area contributed by atoms with E-state index in [-0.39, 0.29) is 5.91 Å². The Bertz CT molecular complexity index is 912. The van der Waals surface area contributed by atoms with E-state index < -0.39 is 0 Å². The van der Waals surface area contributed by atoms with E-state index in [1.807, 2.05) is 48.2 Å². The highest BCUT2D eigenvalue weighted by Crippen LogP contribution is 2.40. The van der Waals surface area contributed by atoms with E-state index in [0.29, 0.717) is 49.8 Å². The largest absolute Gasteiger partial charge is 0.496 e. The smallest absolute Gasteiger partial charge is 0.222 e. The zero-order chi connectivity index (χ0) is 22.2. The van der Waals surface area contributed by atoms with Crippen molar-refractivity contribution in [2.45, 2.75) is 26.2 Å². The topological polar surface area (TPSA) is 57.2 Å². The number of hydrogen-bond donors (Lipinski definition) is 0. The molecule has 1 heterocycles. The molecule has 1 aliphatic heterocycles. The van der Waals surface area contributed by atoms with Gasteiger partial charge in [0.25, 0.3) is 0 Å². The summed E-state index contributed by atoms with van der Waals surface area (Å²) in [4.78, 5) is 14.5. The first kappa shape index (κ1) is 22.5. The maximum atomic E-state index is 12.6. The van der Waals surface area contributed by atoms with Gasteiger partial charge in [-0.2, -0.15) is 0 Å². The van der Waals surface area contributed by atoms with Crippen LogP contribution in [0.25, 0.3) is 5.57 Å². The molecule has 31 heavy (non-hydrogen) atoms. The van der Waals surface area contributed by atoms with E-state index in [0.717, 1.165) is 28.9 Å². The highest BCUT2D eigenvalue weighted by molar-refractivity contribution is 5.81. The summed E-state index contributed by atoms with van der Waals surface area (Å²) in [6.07, 6.45) is 3.99. The molecule has 6 heteroatoms. The van der Waals surface area contributed by atoms with Crippen molar-refractivity contribution in [2.75, 3.05) is 41.0 Å². The summed E-state index contributed by atoms with van der Waals surface area (Å²) in [6.45, 7) is 3.81. The van der Waals surface area contributed by atoms with E-state index >= 15 is 0 Å². The molecule has 0 radical (unpaired) electrons. The zero-order valence-electron chi connectivity index (χ0n) is 18.8. The van der Waals surface area contributed by atoms with Crippen molar-refractivity contribution in [3.8, 4) is 23.0 Å². The molecule has 0 spiro atoms. The van der Waals surface area contributed by atoms with Gasteiger partial charge in [-0.05, 0) is 43.0 Å². The molecule has 0 N–H and O–H groups in total. The third-order valence-electron chi connectivity index (χ3n) is 5.39. The minimum absolute atomic E-state index is 0.150. The van der Waals surface area contributed by atoms with Crippen LogP contribution in [-0.4, -0.2) is 51.8 Å². The average Bonchev–Trinajstić information content (AvgIpc) is 2.80. The normalized spacial score (nSPS) is 13.4. The molecular weight excluding hydrogens is 394 g/mol. The molecule has 0 aromatic heterocycles. The standard InChI is InChI=1S/C25H31NO5/c1-18-7-5-8-20(15-18)31-14-6-9-24(27)26-12-10-19(11-13-26)25-22(29-3)16-21(28-2)17-23(25)30-4/h5,7-8,10,15-17H,6,9,11-14H2,1-4H3. The second kappa shape index (κ2) is 10.8. The van der Waals surface area contributed by atoms with Crippen LogP contribution in [-0.2, 0) is 4.79 Å². The third-order valence-corrected chi connectivity index (χ3v) is 5.39. The van der Waals surface area contributed by atoms with Crippen molar-refractivity contribution >= 4 is 11.5 Å². The predicted molar refractivity (Wildman–Crippen MR) is 121 cm³/mol. The summed E-state index contributed by atoms with van der Waals surface area (Å²) in [7, 11) is 4.88. The van der Waals surface area contributed by atoms with Crippen LogP contribution >= 0.6 is 0 Å². The summed E-state index contributed by atoms with van der Waals surface area (Å²) < 4.78 is 22.2. The van der Waals surface area contributed by atoms with Crippen LogP contribution in [0.15, 0.2) is 42.5 Å². The summed E-state index contributed by atoms with van der Waals surface area (Å²) in [5.41, 5.74) is 3.20. The molecule has 0 fully saturated rings. The third kappa shape index (κ3) is 5.72. The second-order valence-electron chi connectivity index (χ2n) is 7.49. The lowest BCUT2D eigenvalue weighted by Crippen LogP contribution is -2.34. The predicted octanol–water partition coefficient (Wildman–Crippen LogP) is 4.50. The average molecular weight is 426 g/mol. The number of rotatable bonds is 9. The van der Waals surface area contributed by atoms with E-state index in [1.165, 1.54) is 0 Å². The van der Waals surface area contributed by atoms with Gasteiger partial charge in [0.15, 0.2) is 0 Å². The molecule has 2 aromatic carbocycles. The van der Waals surface area contributed by atoms with E-state index in [9.17, 15) is 4.79 Å². The van der Waals surface area contributed by atoms with Crippen LogP contribution in [0.2, 0.25) is 0 Å². The number of amides is 1. The molecule has 0 atom stereocenters. The van der Waals surface area contributed by atoms with Gasteiger partial charge in [0.05, 0.1) is 33.5 Å². The molecular formula is C25H31NO5. The Balaban J connectivity index is 1.56. The summed E-state index contributed by atoms with van der Waals surface area (Å²) >= 11 is 0. The van der Waals surface area contributed by atoms with Gasteiger partial charge in [0.2, 0.25) is 5.91 Å². The molecule has 0 saturated carbocycles. The molecule has 0 aliphatic carbocycles. The fourth-order valence-electron chi connectivity index (χ4n) is 3.72. The Morgan fingerprint density at radius 2 is 1.74 bits per heavy atom. The van der Waals surface area contributed by atoms with Crippen LogP contribution in [0.5, 0.6) is 23.0 Å². The first-order valence-corrected chi connectivity index (χ1v) is 10.5. The fraction of sp³-hybridized carbons (Fsp3) is 0.400. The second-order valence-corrected chi connectivity index (χ2v) is 7.49. The highest BCUT2D eigenvalue weighted by Gasteiger charge is 2.22. The first-order chi connectivity index (χ1) is 15.0. The molecule has 3 rings (SSSR count). The Labute approximate surface area is 184 Å². The van der Waals surface area contributed by atoms with Gasteiger partial charge in [-0.1, -0.05) is 18.2 Å².